The van der Waals surface area contributed by atoms with Crippen molar-refractivity contribution >= 4 is 412 Å². The number of carbonyl (C=O) groups excluding carboxylic acids is 3. The number of alkyl halides is 34. The number of ether oxygens (including phenoxy) is 3. The summed E-state index contributed by atoms with van der Waals surface area (Å²) in [4.78, 5) is 29.5. The quantitative estimate of drug-likeness (QED) is 0.159. The Morgan fingerprint density at radius 2 is 0.246 bits per heavy atom. The molecule has 0 radical (unpaired) electrons. The molecule has 6 nitrogen and oxygen atoms in total. The van der Waals surface area contributed by atoms with E-state index in [2.05, 4.69) is 14.2 Å². The average Bonchev–Trinajstić information content (AvgIpc) is 3.21. The predicted molar refractivity (Wildman–Crippen MR) is 349 cm³/mol. The third kappa shape index (κ3) is 1410. The highest BCUT2D eigenvalue weighted by Crippen LogP contribution is 1.78. The Morgan fingerprint density at radius 1 is 0.203 bits per heavy atom. The van der Waals surface area contributed by atoms with Crippen molar-refractivity contribution in [3.05, 3.63) is 0 Å². The van der Waals surface area contributed by atoms with E-state index in [1.54, 1.807) is 20.8 Å². The fourth-order valence-electron chi connectivity index (χ4n) is 0.610. The molecule has 0 aromatic carbocycles. The average molecular weight is 1710 g/mol. The first kappa shape index (κ1) is 137. The number of halogens is 34. The Morgan fingerprint density at radius 3 is 0.246 bits per heavy atom. The number of hydrogen-bond donors (Lipinski definition) is 0. The van der Waals surface area contributed by atoms with Gasteiger partial charge in [0, 0.05) is 20.8 Å². The molecule has 0 amide bonds. The van der Waals surface area contributed by atoms with Gasteiger partial charge in [-0.25, -0.2) is 0 Å². The Bertz CT molecular complexity index is 412. The number of rotatable bonds is 3. The molecular weight excluding hydrogens is 1650 g/mol. The van der Waals surface area contributed by atoms with Crippen LogP contribution >= 0.6 is 394 Å². The summed E-state index contributed by atoms with van der Waals surface area (Å²) in [5, 5.41) is 3.31. The van der Waals surface area contributed by atoms with E-state index in [-0.39, 0.29) is 109 Å². The monoisotopic (exact) mass is 1690 g/mol. The van der Waals surface area contributed by atoms with E-state index in [1.165, 1.54) is 20.8 Å². The van der Waals surface area contributed by atoms with E-state index >= 15 is 0 Å². The molecule has 0 aromatic heterocycles. The lowest BCUT2D eigenvalue weighted by Gasteiger charge is -1.89. The van der Waals surface area contributed by atoms with Crippen LogP contribution in [0.2, 0.25) is 0 Å². The third-order valence-corrected chi connectivity index (χ3v) is 1.04. The van der Waals surface area contributed by atoms with Crippen molar-refractivity contribution in [1.29, 1.82) is 0 Å². The van der Waals surface area contributed by atoms with Gasteiger partial charge in [0.1, 0.15) is 0 Å². The minimum absolute atomic E-state index is 0.194. The topological polar surface area (TPSA) is 78.9 Å². The second-order valence-corrected chi connectivity index (χ2v) is 18.2. The second kappa shape index (κ2) is 266. The molecule has 448 valence electrons. The van der Waals surface area contributed by atoms with Gasteiger partial charge in [-0.15, -0.1) is 394 Å². The van der Waals surface area contributed by atoms with Gasteiger partial charge in [-0.1, -0.05) is 0 Å². The predicted octanol–water partition coefficient (Wildman–Crippen LogP) is 25.9. The van der Waals surface area contributed by atoms with Gasteiger partial charge >= 0.3 is 17.9 Å². The van der Waals surface area contributed by atoms with Crippen LogP contribution in [0.5, 0.6) is 0 Å². The van der Waals surface area contributed by atoms with Crippen molar-refractivity contribution in [2.75, 3.05) is 111 Å². The zero-order valence-corrected chi connectivity index (χ0v) is 62.6. The maximum absolute atomic E-state index is 9.82. The highest BCUT2D eigenvalue weighted by molar-refractivity contribution is 6.45. The lowest BCUT2D eigenvalue weighted by Crippen LogP contribution is -1.95. The number of carbonyl (C=O) groups is 3. The lowest BCUT2D eigenvalue weighted by molar-refractivity contribution is -0.141. The van der Waals surface area contributed by atoms with Crippen molar-refractivity contribution in [2.24, 2.45) is 0 Å². The lowest BCUT2D eigenvalue weighted by atomic mass is 10.8. The van der Waals surface area contributed by atoms with Crippen LogP contribution in [-0.2, 0) is 28.6 Å². The van der Waals surface area contributed by atoms with Gasteiger partial charge in [0.05, 0.1) is 111 Å². The molecular formula is C29H58Cl34O6. The first-order valence-electron chi connectivity index (χ1n) is 14.8. The first-order chi connectivity index (χ1) is 32.4. The molecule has 40 heteroatoms. The van der Waals surface area contributed by atoms with Crippen LogP contribution in [0.4, 0.5) is 0 Å². The van der Waals surface area contributed by atoms with E-state index in [1.807, 2.05) is 0 Å². The van der Waals surface area contributed by atoms with Gasteiger partial charge in [-0.2, -0.15) is 0 Å². The zero-order chi connectivity index (χ0) is 61.0. The van der Waals surface area contributed by atoms with Crippen LogP contribution in [0.3, 0.4) is 0 Å². The summed E-state index contributed by atoms with van der Waals surface area (Å²) in [5.74, 6) is -0.632. The summed E-state index contributed by atoms with van der Waals surface area (Å²) < 4.78 is 13.2. The van der Waals surface area contributed by atoms with Crippen molar-refractivity contribution in [1.82, 2.24) is 0 Å². The molecule has 0 rings (SSSR count). The fraction of sp³-hybridized carbons (Fsp3) is 0.897. The van der Waals surface area contributed by atoms with Crippen LogP contribution in [-0.4, -0.2) is 128 Å². The minimum atomic E-state index is -0.211. The first-order valence-corrected chi connectivity index (χ1v) is 33.0. The molecule has 69 heavy (non-hydrogen) atoms. The molecule has 0 N–H and O–H groups in total. The van der Waals surface area contributed by atoms with Crippen LogP contribution in [0.15, 0.2) is 0 Å². The van der Waals surface area contributed by atoms with Crippen molar-refractivity contribution in [2.45, 2.75) is 41.5 Å². The van der Waals surface area contributed by atoms with Gasteiger partial charge in [0.15, 0.2) is 0 Å². The molecule has 0 aromatic rings. The van der Waals surface area contributed by atoms with E-state index in [4.69, 9.17) is 394 Å². The molecule has 0 saturated carbocycles. The van der Waals surface area contributed by atoms with E-state index in [9.17, 15) is 14.4 Å². The molecule has 0 spiro atoms. The highest BCUT2D eigenvalue weighted by Gasteiger charge is 1.82. The van der Waals surface area contributed by atoms with Gasteiger partial charge in [0.2, 0.25) is 0 Å². The van der Waals surface area contributed by atoms with Gasteiger partial charge in [0.25, 0.3) is 0 Å². The number of hydrogen-bond acceptors (Lipinski definition) is 6. The van der Waals surface area contributed by atoms with E-state index in [0.717, 1.165) is 0 Å². The molecule has 0 unspecified atom stereocenters. The largest absolute Gasteiger partial charge is 0.466 e. The van der Waals surface area contributed by atoms with E-state index in [0.29, 0.717) is 19.8 Å². The summed E-state index contributed by atoms with van der Waals surface area (Å²) in [7, 11) is 0. The Hall–Kier alpha value is 8.27. The Kier molecular flexibility index (Phi) is 529. The standard InChI is InChI=1S/3C4H8O2.17CH2Cl2/c3*1-3-6-4(2)5;17*2-1-3/h3*3H2,1-2H3;17*1H2. The van der Waals surface area contributed by atoms with Crippen LogP contribution in [0, 0.1) is 0 Å². The second-order valence-electron chi connectivity index (χ2n) is 4.49. The molecule has 0 atom stereocenters. The summed E-state index contributed by atoms with van der Waals surface area (Å²) in [6.45, 7) is 11.0. The van der Waals surface area contributed by atoms with Crippen LogP contribution < -0.4 is 0 Å². The maximum atomic E-state index is 9.82. The van der Waals surface area contributed by atoms with Crippen molar-refractivity contribution in [3.63, 3.8) is 0 Å². The summed E-state index contributed by atoms with van der Waals surface area (Å²) in [6.07, 6.45) is 0. The summed E-state index contributed by atoms with van der Waals surface area (Å²) in [6, 6.07) is 0. The minimum Gasteiger partial charge on any atom is -0.466 e. The smallest absolute Gasteiger partial charge is 0.302 e. The maximum Gasteiger partial charge on any atom is 0.302 e. The van der Waals surface area contributed by atoms with Gasteiger partial charge in [-0.3, -0.25) is 14.4 Å². The summed E-state index contributed by atoms with van der Waals surface area (Å²) in [5.41, 5.74) is 0. The molecule has 0 bridgehead atoms. The van der Waals surface area contributed by atoms with Crippen LogP contribution in [0.1, 0.15) is 41.5 Å². The normalized spacial score (nSPS) is 6.43. The molecule has 0 aliphatic heterocycles. The molecule has 0 aliphatic rings. The fourth-order valence-corrected chi connectivity index (χ4v) is 0.610. The van der Waals surface area contributed by atoms with Crippen molar-refractivity contribution < 1.29 is 28.6 Å². The highest BCUT2D eigenvalue weighted by atomic mass is 35.6. The Labute approximate surface area is 584 Å². The molecule has 0 heterocycles. The van der Waals surface area contributed by atoms with Gasteiger partial charge < -0.3 is 14.2 Å². The Balaban J connectivity index is -0.0000000205. The third-order valence-electron chi connectivity index (χ3n) is 1.04. The molecule has 0 fully saturated rings. The zero-order valence-electron chi connectivity index (χ0n) is 36.9. The van der Waals surface area contributed by atoms with Crippen LogP contribution in [0.25, 0.3) is 0 Å². The molecule has 0 saturated heterocycles. The summed E-state index contributed by atoms with van der Waals surface area (Å²) >= 11 is 162. The number of esters is 3. The SMILES string of the molecule is CCOC(C)=O.CCOC(C)=O.CCOC(C)=O.ClCCl.ClCCl.ClCCl.ClCCl.ClCCl.ClCCl.ClCCl.ClCCl.ClCCl.ClCCl.ClCCl.ClCCl.ClCCl.ClCCl.ClCCl.ClCCl.ClCCl. The van der Waals surface area contributed by atoms with E-state index < -0.39 is 0 Å². The van der Waals surface area contributed by atoms with Crippen molar-refractivity contribution in [3.8, 4) is 0 Å². The molecule has 0 aliphatic carbocycles. The van der Waals surface area contributed by atoms with Gasteiger partial charge in [-0.05, 0) is 20.8 Å².